The van der Waals surface area contributed by atoms with E-state index in [2.05, 4.69) is 45.5 Å². The number of fused-ring (bicyclic) bond motifs is 1. The fourth-order valence-electron chi connectivity index (χ4n) is 2.30. The molecule has 0 unspecified atom stereocenters. The molecule has 0 saturated carbocycles. The molecule has 3 aromatic rings. The van der Waals surface area contributed by atoms with Gasteiger partial charge in [-0.2, -0.15) is 15.0 Å². The predicted octanol–water partition coefficient (Wildman–Crippen LogP) is 4.96. The molecule has 0 aliphatic carbocycles. The Hall–Kier alpha value is -1.21. The van der Waals surface area contributed by atoms with Crippen molar-refractivity contribution in [3.63, 3.8) is 0 Å². The number of benzene rings is 2. The summed E-state index contributed by atoms with van der Waals surface area (Å²) in [6, 6.07) is 7.83. The van der Waals surface area contributed by atoms with Crippen molar-refractivity contribution in [2.45, 2.75) is 16.7 Å². The van der Waals surface area contributed by atoms with Gasteiger partial charge >= 0.3 is 0 Å². The number of rotatable bonds is 2. The quantitative estimate of drug-likeness (QED) is 0.559. The fourth-order valence-corrected chi connectivity index (χ4v) is 3.26. The van der Waals surface area contributed by atoms with Crippen molar-refractivity contribution in [3.8, 4) is 0 Å². The van der Waals surface area contributed by atoms with Gasteiger partial charge in [0.25, 0.3) is 0 Å². The van der Waals surface area contributed by atoms with Crippen LogP contribution in [-0.4, -0.2) is 15.0 Å². The average molecular weight is 369 g/mol. The number of aromatic nitrogens is 3. The molecule has 3 rings (SSSR count). The van der Waals surface area contributed by atoms with Gasteiger partial charge in [0.05, 0.1) is 5.69 Å². The molecule has 0 fully saturated rings. The molecule has 0 atom stereocenters. The minimum atomic E-state index is 0.0307. The number of nitrogens with one attached hydrogen (secondary N) is 1. The van der Waals surface area contributed by atoms with Crippen LogP contribution < -0.4 is 5.32 Å². The van der Waals surface area contributed by atoms with Gasteiger partial charge in [-0.3, -0.25) is 0 Å². The van der Waals surface area contributed by atoms with E-state index in [9.17, 15) is 0 Å². The van der Waals surface area contributed by atoms with Gasteiger partial charge < -0.3 is 5.32 Å². The standard InChI is InChI=1S/C14H10Cl2N4S2/c1-6-2-8(21)3-7-4-9(22)5-10(11(6)7)17-14-19-12(15)18-13(16)20-14/h2-5,21-22H,1H3,(H,17,18,19,20). The maximum absolute atomic E-state index is 5.81. The molecular weight excluding hydrogens is 359 g/mol. The van der Waals surface area contributed by atoms with E-state index >= 15 is 0 Å². The smallest absolute Gasteiger partial charge is 0.232 e. The van der Waals surface area contributed by atoms with Crippen molar-refractivity contribution in [3.05, 3.63) is 40.4 Å². The molecule has 1 aromatic heterocycles. The van der Waals surface area contributed by atoms with Crippen LogP contribution in [0, 0.1) is 6.92 Å². The number of hydrogen-bond acceptors (Lipinski definition) is 6. The second kappa shape index (κ2) is 6.12. The summed E-state index contributed by atoms with van der Waals surface area (Å²) in [6.07, 6.45) is 0. The monoisotopic (exact) mass is 368 g/mol. The van der Waals surface area contributed by atoms with Crippen LogP contribution in [0.3, 0.4) is 0 Å². The number of aryl methyl sites for hydroxylation is 1. The van der Waals surface area contributed by atoms with Gasteiger partial charge in [-0.1, -0.05) is 0 Å². The van der Waals surface area contributed by atoms with Gasteiger partial charge in [0.1, 0.15) is 0 Å². The lowest BCUT2D eigenvalue weighted by atomic mass is 10.0. The summed E-state index contributed by atoms with van der Waals surface area (Å²) in [7, 11) is 0. The Morgan fingerprint density at radius 2 is 1.50 bits per heavy atom. The third kappa shape index (κ3) is 3.25. The van der Waals surface area contributed by atoms with E-state index in [1.165, 1.54) is 0 Å². The summed E-state index contributed by atoms with van der Waals surface area (Å²) in [6.45, 7) is 2.01. The predicted molar refractivity (Wildman–Crippen MR) is 96.3 cm³/mol. The Kier molecular flexibility index (Phi) is 4.36. The van der Waals surface area contributed by atoms with Crippen molar-refractivity contribution < 1.29 is 0 Å². The van der Waals surface area contributed by atoms with Crippen LogP contribution in [0.4, 0.5) is 11.6 Å². The molecule has 2 aromatic carbocycles. The second-order valence-electron chi connectivity index (χ2n) is 4.68. The van der Waals surface area contributed by atoms with Crippen molar-refractivity contribution >= 4 is 70.9 Å². The zero-order chi connectivity index (χ0) is 15.9. The van der Waals surface area contributed by atoms with E-state index in [0.717, 1.165) is 31.8 Å². The summed E-state index contributed by atoms with van der Waals surface area (Å²) in [4.78, 5) is 13.5. The zero-order valence-electron chi connectivity index (χ0n) is 11.3. The molecule has 0 spiro atoms. The fraction of sp³-hybridized carbons (Fsp3) is 0.0714. The van der Waals surface area contributed by atoms with Gasteiger partial charge in [0.2, 0.25) is 16.5 Å². The molecule has 4 nitrogen and oxygen atoms in total. The SMILES string of the molecule is Cc1cc(S)cc2cc(S)cc(Nc3nc(Cl)nc(Cl)n3)c12. The first kappa shape index (κ1) is 15.7. The molecule has 0 aliphatic rings. The zero-order valence-corrected chi connectivity index (χ0v) is 14.6. The summed E-state index contributed by atoms with van der Waals surface area (Å²) in [5.74, 6) is 0.277. The summed E-state index contributed by atoms with van der Waals surface area (Å²) in [5, 5.41) is 5.24. The Morgan fingerprint density at radius 3 is 2.14 bits per heavy atom. The minimum absolute atomic E-state index is 0.0307. The van der Waals surface area contributed by atoms with E-state index in [1.807, 2.05) is 31.2 Å². The maximum atomic E-state index is 5.81. The number of halogens is 2. The molecule has 1 heterocycles. The average Bonchev–Trinajstić information content (AvgIpc) is 2.35. The van der Waals surface area contributed by atoms with Crippen molar-refractivity contribution in [1.29, 1.82) is 0 Å². The number of nitrogens with zero attached hydrogens (tertiary/aromatic N) is 3. The minimum Gasteiger partial charge on any atom is -0.323 e. The first-order chi connectivity index (χ1) is 10.4. The van der Waals surface area contributed by atoms with Crippen molar-refractivity contribution in [1.82, 2.24) is 15.0 Å². The summed E-state index contributed by atoms with van der Waals surface area (Å²) >= 11 is 20.5. The van der Waals surface area contributed by atoms with Crippen LogP contribution >= 0.6 is 48.5 Å². The first-order valence-electron chi connectivity index (χ1n) is 6.23. The molecule has 112 valence electrons. The highest BCUT2D eigenvalue weighted by Gasteiger charge is 2.10. The number of thiol groups is 2. The topological polar surface area (TPSA) is 50.7 Å². The van der Waals surface area contributed by atoms with E-state index in [4.69, 9.17) is 23.2 Å². The molecule has 8 heteroatoms. The molecule has 0 aliphatic heterocycles. The van der Waals surface area contributed by atoms with Crippen molar-refractivity contribution in [2.75, 3.05) is 5.32 Å². The van der Waals surface area contributed by atoms with Crippen LogP contribution in [0.2, 0.25) is 10.6 Å². The van der Waals surface area contributed by atoms with Crippen molar-refractivity contribution in [2.24, 2.45) is 0 Å². The second-order valence-corrected chi connectivity index (χ2v) is 6.39. The Balaban J connectivity index is 2.17. The Labute approximate surface area is 148 Å². The third-order valence-electron chi connectivity index (χ3n) is 3.04. The van der Waals surface area contributed by atoms with Crippen LogP contribution in [0.25, 0.3) is 10.8 Å². The van der Waals surface area contributed by atoms with E-state index < -0.39 is 0 Å². The van der Waals surface area contributed by atoms with Gasteiger partial charge in [-0.15, -0.1) is 25.3 Å². The van der Waals surface area contributed by atoms with Crippen LogP contribution in [0.15, 0.2) is 34.1 Å². The third-order valence-corrected chi connectivity index (χ3v) is 3.90. The number of anilines is 2. The van der Waals surface area contributed by atoms with Crippen LogP contribution in [0.1, 0.15) is 5.56 Å². The van der Waals surface area contributed by atoms with Crippen LogP contribution in [0.5, 0.6) is 0 Å². The normalized spacial score (nSPS) is 11.0. The van der Waals surface area contributed by atoms with Crippen LogP contribution in [-0.2, 0) is 0 Å². The van der Waals surface area contributed by atoms with E-state index in [-0.39, 0.29) is 16.5 Å². The summed E-state index contributed by atoms with van der Waals surface area (Å²) in [5.41, 5.74) is 1.89. The Morgan fingerprint density at radius 1 is 0.909 bits per heavy atom. The molecule has 22 heavy (non-hydrogen) atoms. The molecule has 1 N–H and O–H groups in total. The molecule has 0 radical (unpaired) electrons. The lowest BCUT2D eigenvalue weighted by Crippen LogP contribution is -2.00. The Bertz CT molecular complexity index is 861. The van der Waals surface area contributed by atoms with Gasteiger partial charge in [-0.25, -0.2) is 0 Å². The van der Waals surface area contributed by atoms with Gasteiger partial charge in [0, 0.05) is 15.2 Å². The number of hydrogen-bond donors (Lipinski definition) is 3. The molecule has 0 saturated heterocycles. The molecule has 0 amide bonds. The molecular formula is C14H10Cl2N4S2. The van der Waals surface area contributed by atoms with Gasteiger partial charge in [0.15, 0.2) is 0 Å². The van der Waals surface area contributed by atoms with E-state index in [1.54, 1.807) is 0 Å². The van der Waals surface area contributed by atoms with E-state index in [0.29, 0.717) is 0 Å². The highest BCUT2D eigenvalue weighted by molar-refractivity contribution is 7.80. The summed E-state index contributed by atoms with van der Waals surface area (Å²) < 4.78 is 0. The highest BCUT2D eigenvalue weighted by atomic mass is 35.5. The largest absolute Gasteiger partial charge is 0.323 e. The first-order valence-corrected chi connectivity index (χ1v) is 7.88. The lowest BCUT2D eigenvalue weighted by molar-refractivity contribution is 1.05. The highest BCUT2D eigenvalue weighted by Crippen LogP contribution is 2.33. The maximum Gasteiger partial charge on any atom is 0.232 e. The lowest BCUT2D eigenvalue weighted by Gasteiger charge is -2.13. The van der Waals surface area contributed by atoms with Gasteiger partial charge in [-0.05, 0) is 65.3 Å². The molecule has 0 bridgehead atoms.